The van der Waals surface area contributed by atoms with Crippen molar-refractivity contribution in [3.63, 3.8) is 0 Å². The Hall–Kier alpha value is -3.89. The number of terminal acetylenes is 1. The largest absolute Gasteiger partial charge is 0.510 e. The first-order valence-electron chi connectivity index (χ1n) is 11.8. The number of aromatic nitrogens is 2. The zero-order valence-corrected chi connectivity index (χ0v) is 22.0. The van der Waals surface area contributed by atoms with E-state index in [1.54, 1.807) is 32.0 Å². The molecule has 0 bridgehead atoms. The van der Waals surface area contributed by atoms with Gasteiger partial charge in [-0.25, -0.2) is 14.2 Å². The molecule has 3 heterocycles. The van der Waals surface area contributed by atoms with Crippen molar-refractivity contribution in [3.8, 4) is 18.1 Å². The van der Waals surface area contributed by atoms with E-state index in [1.165, 1.54) is 19.1 Å². The molecule has 14 nitrogen and oxygen atoms in total. The highest BCUT2D eigenvalue weighted by molar-refractivity contribution is 7.52. The predicted molar refractivity (Wildman–Crippen MR) is 133 cm³/mol. The maximum atomic E-state index is 13.8. The van der Waals surface area contributed by atoms with Crippen LogP contribution < -0.4 is 20.9 Å². The highest BCUT2D eigenvalue weighted by atomic mass is 31.2. The molecule has 0 aliphatic carbocycles. The maximum Gasteiger partial charge on any atom is 0.510 e. The van der Waals surface area contributed by atoms with Crippen molar-refractivity contribution in [3.05, 3.63) is 63.4 Å². The molecule has 2 N–H and O–H groups in total. The molecule has 0 radical (unpaired) electrons. The number of rotatable bonds is 10. The lowest BCUT2D eigenvalue weighted by atomic mass is 9.95. The average Bonchev–Trinajstić information content (AvgIpc) is 3.35. The minimum Gasteiger partial charge on any atom is -0.462 e. The van der Waals surface area contributed by atoms with Gasteiger partial charge in [0.05, 0.1) is 12.7 Å². The molecule has 2 fully saturated rings. The molecule has 0 spiro atoms. The Labute approximate surface area is 222 Å². The van der Waals surface area contributed by atoms with Gasteiger partial charge in [-0.1, -0.05) is 18.2 Å². The molecule has 2 aliphatic heterocycles. The maximum absolute atomic E-state index is 13.8. The number of hydrogen-bond donors (Lipinski definition) is 2. The van der Waals surface area contributed by atoms with Crippen LogP contribution in [0.15, 0.2) is 52.2 Å². The van der Waals surface area contributed by atoms with Crippen molar-refractivity contribution in [2.24, 2.45) is 0 Å². The van der Waals surface area contributed by atoms with Crippen LogP contribution in [-0.2, 0) is 32.8 Å². The Morgan fingerprint density at radius 1 is 1.23 bits per heavy atom. The standard InChI is InChI=1S/C24H26N3O11P/c1-5-24-19(36-23(31)37-24)17(35-21(24)27-12-11-18(28)25-22(27)30)13-33-39(32,38-16-9-7-6-8-10-16)26-15(4)20(29)34-14(2)3/h1,6-12,14-15,17,19,21H,13H2,2-4H3,(H,26,32)(H,25,28,30)/t15-,17?,19+,21+,24+,39?/m0/s1. The van der Waals surface area contributed by atoms with E-state index in [4.69, 9.17) is 34.4 Å². The number of hydrogen-bond acceptors (Lipinski definition) is 11. The van der Waals surface area contributed by atoms with Crippen LogP contribution in [0.5, 0.6) is 5.75 Å². The van der Waals surface area contributed by atoms with E-state index in [0.29, 0.717) is 0 Å². The summed E-state index contributed by atoms with van der Waals surface area (Å²) in [5, 5.41) is 2.53. The molecule has 4 rings (SSSR count). The molecule has 2 unspecified atom stereocenters. The van der Waals surface area contributed by atoms with Crippen LogP contribution in [0.3, 0.4) is 0 Å². The first-order chi connectivity index (χ1) is 18.5. The van der Waals surface area contributed by atoms with Gasteiger partial charge >= 0.3 is 25.6 Å². The first-order valence-corrected chi connectivity index (χ1v) is 13.3. The molecule has 0 saturated carbocycles. The van der Waals surface area contributed by atoms with Gasteiger partial charge in [-0.3, -0.25) is 23.7 Å². The van der Waals surface area contributed by atoms with Crippen molar-refractivity contribution in [1.29, 1.82) is 0 Å². The van der Waals surface area contributed by atoms with Gasteiger partial charge in [0.2, 0.25) is 0 Å². The second-order valence-electron chi connectivity index (χ2n) is 8.91. The van der Waals surface area contributed by atoms with Crippen LogP contribution in [0.25, 0.3) is 0 Å². The summed E-state index contributed by atoms with van der Waals surface area (Å²) in [5.41, 5.74) is -3.47. The smallest absolute Gasteiger partial charge is 0.462 e. The van der Waals surface area contributed by atoms with E-state index in [9.17, 15) is 23.7 Å². The third-order valence-electron chi connectivity index (χ3n) is 5.67. The predicted octanol–water partition coefficient (Wildman–Crippen LogP) is 1.47. The molecule has 2 aliphatic rings. The Kier molecular flexibility index (Phi) is 7.99. The van der Waals surface area contributed by atoms with Gasteiger partial charge in [-0.15, -0.1) is 6.42 Å². The Balaban J connectivity index is 1.60. The molecular formula is C24H26N3O11P. The lowest BCUT2D eigenvalue weighted by Crippen LogP contribution is -2.46. The monoisotopic (exact) mass is 563 g/mol. The minimum atomic E-state index is -4.32. The van der Waals surface area contributed by atoms with Gasteiger partial charge < -0.3 is 23.5 Å². The normalized spacial score (nSPS) is 26.0. The summed E-state index contributed by atoms with van der Waals surface area (Å²) < 4.78 is 47.5. The summed E-state index contributed by atoms with van der Waals surface area (Å²) in [6.45, 7) is 4.18. The third kappa shape index (κ3) is 5.91. The summed E-state index contributed by atoms with van der Waals surface area (Å²) >= 11 is 0. The SMILES string of the molecule is C#C[C@@]12OC(=O)O[C@@H]1C(COP(=O)(N[C@@H](C)C(=O)OC(C)C)Oc1ccccc1)O[C@H]2n1ccc(=O)[nH]c1=O. The van der Waals surface area contributed by atoms with Crippen molar-refractivity contribution in [1.82, 2.24) is 14.6 Å². The van der Waals surface area contributed by atoms with Crippen LogP contribution in [-0.4, -0.2) is 58.2 Å². The van der Waals surface area contributed by atoms with Crippen molar-refractivity contribution >= 4 is 19.9 Å². The molecule has 1 aromatic carbocycles. The van der Waals surface area contributed by atoms with Gasteiger partial charge in [0.15, 0.2) is 12.3 Å². The number of H-pyrrole nitrogens is 1. The fourth-order valence-electron chi connectivity index (χ4n) is 3.99. The molecule has 0 amide bonds. The van der Waals surface area contributed by atoms with Gasteiger partial charge in [-0.05, 0) is 38.8 Å². The average molecular weight is 563 g/mol. The van der Waals surface area contributed by atoms with Gasteiger partial charge in [0, 0.05) is 12.3 Å². The van der Waals surface area contributed by atoms with Crippen LogP contribution in [0, 0.1) is 12.3 Å². The summed E-state index contributed by atoms with van der Waals surface area (Å²) in [5.74, 6) is 1.77. The number of ether oxygens (including phenoxy) is 4. The molecular weight excluding hydrogens is 537 g/mol. The first kappa shape index (κ1) is 28.1. The zero-order valence-electron chi connectivity index (χ0n) is 21.1. The number of fused-ring (bicyclic) bond motifs is 1. The van der Waals surface area contributed by atoms with Crippen molar-refractivity contribution in [2.75, 3.05) is 6.61 Å². The van der Waals surface area contributed by atoms with Crippen LogP contribution in [0.4, 0.5) is 4.79 Å². The van der Waals surface area contributed by atoms with E-state index >= 15 is 0 Å². The lowest BCUT2D eigenvalue weighted by Gasteiger charge is -2.25. The molecule has 15 heteroatoms. The highest BCUT2D eigenvalue weighted by Gasteiger charge is 2.67. The molecule has 6 atom stereocenters. The summed E-state index contributed by atoms with van der Waals surface area (Å²) in [4.78, 5) is 50.6. The number of esters is 1. The van der Waals surface area contributed by atoms with Crippen LogP contribution >= 0.6 is 7.75 Å². The Morgan fingerprint density at radius 2 is 1.95 bits per heavy atom. The number of benzene rings is 1. The Bertz CT molecular complexity index is 1430. The zero-order chi connectivity index (χ0) is 28.4. The van der Waals surface area contributed by atoms with E-state index in [-0.39, 0.29) is 5.75 Å². The Morgan fingerprint density at radius 3 is 2.59 bits per heavy atom. The fourth-order valence-corrected chi connectivity index (χ4v) is 5.49. The molecule has 39 heavy (non-hydrogen) atoms. The summed E-state index contributed by atoms with van der Waals surface area (Å²) in [6, 6.07) is 7.98. The van der Waals surface area contributed by atoms with E-state index < -0.39 is 73.9 Å². The molecule has 2 saturated heterocycles. The van der Waals surface area contributed by atoms with Crippen LogP contribution in [0.1, 0.15) is 27.0 Å². The van der Waals surface area contributed by atoms with E-state index in [1.807, 2.05) is 0 Å². The van der Waals surface area contributed by atoms with Crippen molar-refractivity contribution in [2.45, 2.75) is 57.0 Å². The second kappa shape index (κ2) is 11.1. The second-order valence-corrected chi connectivity index (χ2v) is 10.6. The topological polar surface area (TPSA) is 173 Å². The third-order valence-corrected chi connectivity index (χ3v) is 7.31. The number of para-hydroxylation sites is 1. The number of nitrogens with zero attached hydrogens (tertiary/aromatic N) is 1. The van der Waals surface area contributed by atoms with E-state index in [2.05, 4.69) is 16.0 Å². The molecule has 208 valence electrons. The van der Waals surface area contributed by atoms with Gasteiger partial charge in [0.25, 0.3) is 11.2 Å². The molecule has 2 aromatic rings. The fraction of sp³-hybridized carbons (Fsp3) is 0.417. The number of carbonyl (C=O) groups excluding carboxylic acids is 2. The molecule has 1 aromatic heterocycles. The highest BCUT2D eigenvalue weighted by Crippen LogP contribution is 2.49. The summed E-state index contributed by atoms with van der Waals surface area (Å²) in [6.07, 6.45) is 1.32. The number of carbonyl (C=O) groups is 2. The van der Waals surface area contributed by atoms with Gasteiger partial charge in [0.1, 0.15) is 17.9 Å². The lowest BCUT2D eigenvalue weighted by molar-refractivity contribution is -0.149. The van der Waals surface area contributed by atoms with Crippen LogP contribution in [0.2, 0.25) is 0 Å². The number of aromatic amines is 1. The minimum absolute atomic E-state index is 0.163. The quantitative estimate of drug-likeness (QED) is 0.242. The van der Waals surface area contributed by atoms with E-state index in [0.717, 1.165) is 16.8 Å². The van der Waals surface area contributed by atoms with Crippen molar-refractivity contribution < 1.29 is 42.1 Å². The summed E-state index contributed by atoms with van der Waals surface area (Å²) in [7, 11) is -4.32. The number of nitrogens with one attached hydrogen (secondary N) is 2. The van der Waals surface area contributed by atoms with Gasteiger partial charge in [-0.2, -0.15) is 5.09 Å².